The molecule has 0 bridgehead atoms. The summed E-state index contributed by atoms with van der Waals surface area (Å²) >= 11 is 0. The van der Waals surface area contributed by atoms with Crippen molar-refractivity contribution < 1.29 is 122 Å². The van der Waals surface area contributed by atoms with Crippen molar-refractivity contribution in [1.82, 2.24) is 0 Å². The maximum absolute atomic E-state index is 8.74. The number of rotatable bonds is 0. The average Bonchev–Trinajstić information content (AvgIpc) is 0.722. The minimum absolute atomic E-state index is 0. The first-order chi connectivity index (χ1) is 2.00. The first-order valence-electron chi connectivity index (χ1n) is 0.698. The van der Waals surface area contributed by atoms with Crippen LogP contribution >= 0.6 is 0 Å². The van der Waals surface area contributed by atoms with Crippen LogP contribution in [0, 0.1) is 0 Å². The van der Waals surface area contributed by atoms with Gasteiger partial charge in [0, 0.05) is 0 Å². The zero-order chi connectivity index (χ0) is 4.50. The second kappa shape index (κ2) is 14.2. The van der Waals surface area contributed by atoms with E-state index in [1.807, 2.05) is 0 Å². The molecule has 4 nitrogen and oxygen atoms in total. The molecule has 9 heavy (non-hydrogen) atoms. The maximum Gasteiger partial charge on any atom is 1.00 e. The zero-order valence-corrected chi connectivity index (χ0v) is 11.1. The summed E-state index contributed by atoms with van der Waals surface area (Å²) in [5.41, 5.74) is 0. The van der Waals surface area contributed by atoms with Gasteiger partial charge >= 0.3 is 110 Å². The summed E-state index contributed by atoms with van der Waals surface area (Å²) < 4.78 is 31.6. The molecule has 0 spiro atoms. The molecule has 0 aliphatic rings. The van der Waals surface area contributed by atoms with Gasteiger partial charge in [-0.15, -0.1) is 0 Å². The van der Waals surface area contributed by atoms with Crippen LogP contribution in [0.25, 0.3) is 0 Å². The summed E-state index contributed by atoms with van der Waals surface area (Å²) in [5.74, 6) is 0. The van der Waals surface area contributed by atoms with E-state index in [1.54, 1.807) is 0 Å². The molecule has 0 aliphatic heterocycles. The Balaban J connectivity index is -0.00000000381. The van der Waals surface area contributed by atoms with Gasteiger partial charge in [-0.3, -0.25) is 9.11 Å². The minimum atomic E-state index is -4.67. The quantitative estimate of drug-likeness (QED) is 0.301. The summed E-state index contributed by atoms with van der Waals surface area (Å²) in [7, 11) is -4.67. The van der Waals surface area contributed by atoms with Gasteiger partial charge in [-0.25, -0.2) is 0 Å². The van der Waals surface area contributed by atoms with Crippen LogP contribution in [0.15, 0.2) is 0 Å². The molecule has 2 N–H and O–H groups in total. The van der Waals surface area contributed by atoms with Crippen molar-refractivity contribution in [1.29, 1.82) is 0 Å². The van der Waals surface area contributed by atoms with Gasteiger partial charge in [-0.1, -0.05) is 0 Å². The van der Waals surface area contributed by atoms with Crippen LogP contribution in [0.4, 0.5) is 0 Å². The Bertz CT molecular complexity index is 113. The van der Waals surface area contributed by atoms with E-state index in [4.69, 9.17) is 17.5 Å². The molecule has 0 fully saturated rings. The Labute approximate surface area is 146 Å². The molecule has 0 atom stereocenters. The Morgan fingerprint density at radius 1 is 1.22 bits per heavy atom. The summed E-state index contributed by atoms with van der Waals surface area (Å²) in [6.45, 7) is 0. The predicted molar refractivity (Wildman–Crippen MR) is 27.5 cm³/mol. The summed E-state index contributed by atoms with van der Waals surface area (Å²) in [6, 6.07) is 0. The van der Waals surface area contributed by atoms with E-state index >= 15 is 0 Å². The SMILES string of the molecule is O=S(=O)(O)O.[AlH3].[H-].[H-].[H-].[K+].[Li+].[Na+]. The van der Waals surface area contributed by atoms with Crippen molar-refractivity contribution in [3.05, 3.63) is 0 Å². The van der Waals surface area contributed by atoms with E-state index in [0.29, 0.717) is 0 Å². The van der Waals surface area contributed by atoms with E-state index in [2.05, 4.69) is 0 Å². The normalized spacial score (nSPS) is 6.44. The molecule has 0 radical (unpaired) electrons. The van der Waals surface area contributed by atoms with E-state index in [0.717, 1.165) is 0 Å². The van der Waals surface area contributed by atoms with Crippen LogP contribution in [0.3, 0.4) is 0 Å². The fourth-order valence-electron chi connectivity index (χ4n) is 0. The second-order valence-electron chi connectivity index (χ2n) is 0.448. The Hall–Kier alpha value is 3.64. The van der Waals surface area contributed by atoms with Gasteiger partial charge in [-0.05, 0) is 0 Å². The topological polar surface area (TPSA) is 74.6 Å². The average molecular weight is 200 g/mol. The summed E-state index contributed by atoms with van der Waals surface area (Å²) in [5, 5.41) is 0. The van der Waals surface area contributed by atoms with Gasteiger partial charge in [0.05, 0.1) is 0 Å². The Morgan fingerprint density at radius 3 is 1.22 bits per heavy atom. The second-order valence-corrected chi connectivity index (χ2v) is 1.34. The minimum Gasteiger partial charge on any atom is -1.00 e. The van der Waals surface area contributed by atoms with Gasteiger partial charge in [0.2, 0.25) is 0 Å². The predicted octanol–water partition coefficient (Wildman–Crippen LogP) is -10.5. The van der Waals surface area contributed by atoms with Crippen LogP contribution < -0.4 is 99.8 Å². The molecule has 0 saturated heterocycles. The summed E-state index contributed by atoms with van der Waals surface area (Å²) in [6.07, 6.45) is 0. The van der Waals surface area contributed by atoms with Crippen molar-refractivity contribution >= 4 is 27.8 Å². The molecule has 0 aromatic carbocycles. The molecular formula is H8AlKLiNaO4S. The first-order valence-corrected chi connectivity index (χ1v) is 2.10. The molecule has 0 saturated carbocycles. The smallest absolute Gasteiger partial charge is 1.00 e. The van der Waals surface area contributed by atoms with Crippen LogP contribution in [0.1, 0.15) is 4.28 Å². The monoisotopic (exact) mass is 200 g/mol. The van der Waals surface area contributed by atoms with Gasteiger partial charge in [0.1, 0.15) is 0 Å². The molecule has 0 amide bonds. The zero-order valence-electron chi connectivity index (χ0n) is 8.12. The van der Waals surface area contributed by atoms with E-state index < -0.39 is 10.4 Å². The number of hydrogen-bond donors (Lipinski definition) is 2. The van der Waals surface area contributed by atoms with Crippen LogP contribution in [0.2, 0.25) is 0 Å². The number of hydrogen-bond acceptors (Lipinski definition) is 2. The van der Waals surface area contributed by atoms with Gasteiger partial charge in [0.15, 0.2) is 17.4 Å². The molecule has 9 heteroatoms. The molecule has 0 aliphatic carbocycles. The van der Waals surface area contributed by atoms with Gasteiger partial charge in [0.25, 0.3) is 0 Å². The van der Waals surface area contributed by atoms with Crippen molar-refractivity contribution in [2.75, 3.05) is 0 Å². The molecular weight excluding hydrogens is 192 g/mol. The first kappa shape index (κ1) is 29.3. The Morgan fingerprint density at radius 2 is 1.22 bits per heavy atom. The van der Waals surface area contributed by atoms with Gasteiger partial charge < -0.3 is 4.28 Å². The van der Waals surface area contributed by atoms with Gasteiger partial charge in [-0.2, -0.15) is 8.42 Å². The van der Waals surface area contributed by atoms with E-state index in [1.165, 1.54) is 0 Å². The molecule has 0 unspecified atom stereocenters. The summed E-state index contributed by atoms with van der Waals surface area (Å²) in [4.78, 5) is 0. The van der Waals surface area contributed by atoms with Crippen LogP contribution in [-0.4, -0.2) is 34.9 Å². The third-order valence-electron chi connectivity index (χ3n) is 0. The third-order valence-corrected chi connectivity index (χ3v) is 0. The van der Waals surface area contributed by atoms with Crippen molar-refractivity contribution in [2.24, 2.45) is 0 Å². The molecule has 0 rings (SSSR count). The van der Waals surface area contributed by atoms with Crippen LogP contribution in [0.5, 0.6) is 0 Å². The largest absolute Gasteiger partial charge is 1.00 e. The maximum atomic E-state index is 8.74. The third kappa shape index (κ3) is 81.7. The van der Waals surface area contributed by atoms with Crippen molar-refractivity contribution in [2.45, 2.75) is 0 Å². The van der Waals surface area contributed by atoms with Crippen molar-refractivity contribution in [3.8, 4) is 0 Å². The Kier molecular flexibility index (Phi) is 46.2. The van der Waals surface area contributed by atoms with E-state index in [-0.39, 0.29) is 121 Å². The standard InChI is InChI=1S/Al.K.Li.Na.H2O4S.6H/c;;;;1-5(2,3)4;;;;;;/h;;;;(H2,1,2,3,4);;;;;;/q;3*+1;;;;;3*-1. The van der Waals surface area contributed by atoms with Crippen LogP contribution in [-0.2, 0) is 10.4 Å². The molecule has 0 aromatic rings. The molecule has 0 aromatic heterocycles. The van der Waals surface area contributed by atoms with Crippen molar-refractivity contribution in [3.63, 3.8) is 0 Å². The fraction of sp³-hybridized carbons (Fsp3) is 0. The molecule has 0 heterocycles. The fourth-order valence-corrected chi connectivity index (χ4v) is 0. The van der Waals surface area contributed by atoms with E-state index in [9.17, 15) is 0 Å². The molecule has 44 valence electrons.